The van der Waals surface area contributed by atoms with Gasteiger partial charge in [-0.3, -0.25) is 4.68 Å². The molecule has 0 aromatic carbocycles. The molecule has 0 aliphatic heterocycles. The van der Waals surface area contributed by atoms with Crippen molar-refractivity contribution in [1.82, 2.24) is 9.78 Å². The Morgan fingerprint density at radius 1 is 1.29 bits per heavy atom. The van der Waals surface area contributed by atoms with Crippen LogP contribution < -0.4 is 0 Å². The highest BCUT2D eigenvalue weighted by Crippen LogP contribution is 2.08. The van der Waals surface area contributed by atoms with Crippen LogP contribution in [0.3, 0.4) is 0 Å². The molecule has 2 nitrogen and oxygen atoms in total. The van der Waals surface area contributed by atoms with E-state index in [0.29, 0.717) is 0 Å². The lowest BCUT2D eigenvalue weighted by molar-refractivity contribution is 0.623. The van der Waals surface area contributed by atoms with Crippen LogP contribution in [-0.4, -0.2) is 21.3 Å². The van der Waals surface area contributed by atoms with Crippen molar-refractivity contribution < 1.29 is 0 Å². The van der Waals surface area contributed by atoms with Gasteiger partial charge in [-0.15, -0.1) is 0 Å². The summed E-state index contributed by atoms with van der Waals surface area (Å²) in [5.41, 5.74) is 2.60. The Kier molecular flexibility index (Phi) is 5.09. The van der Waals surface area contributed by atoms with Crippen molar-refractivity contribution in [3.63, 3.8) is 0 Å². The molecule has 0 saturated heterocycles. The number of thioether (sulfide) groups is 1. The third-order valence-electron chi connectivity index (χ3n) is 2.29. The molecule has 0 N–H and O–H groups in total. The van der Waals surface area contributed by atoms with Crippen LogP contribution in [0.25, 0.3) is 0 Å². The van der Waals surface area contributed by atoms with Crippen LogP contribution in [0.5, 0.6) is 0 Å². The maximum atomic E-state index is 4.57. The van der Waals surface area contributed by atoms with Gasteiger partial charge in [0.2, 0.25) is 0 Å². The van der Waals surface area contributed by atoms with Crippen LogP contribution in [0, 0.1) is 0 Å². The van der Waals surface area contributed by atoms with Crippen molar-refractivity contribution in [2.45, 2.75) is 40.2 Å². The average Bonchev–Trinajstić information content (AvgIpc) is 2.61. The lowest BCUT2D eigenvalue weighted by atomic mass is 10.3. The Bertz CT molecular complexity index is 268. The van der Waals surface area contributed by atoms with Gasteiger partial charge >= 0.3 is 0 Å². The van der Waals surface area contributed by atoms with Gasteiger partial charge in [0.15, 0.2) is 0 Å². The lowest BCUT2D eigenvalue weighted by Gasteiger charge is -2.04. The van der Waals surface area contributed by atoms with Crippen molar-refractivity contribution in [2.75, 3.05) is 11.5 Å². The summed E-state index contributed by atoms with van der Waals surface area (Å²) in [4.78, 5) is 0. The third kappa shape index (κ3) is 3.05. The Labute approximate surface area is 91.1 Å². The van der Waals surface area contributed by atoms with E-state index < -0.39 is 0 Å². The summed E-state index contributed by atoms with van der Waals surface area (Å²) in [6, 6.07) is 2.23. The molecule has 1 rings (SSSR count). The van der Waals surface area contributed by atoms with Gasteiger partial charge in [-0.2, -0.15) is 16.9 Å². The van der Waals surface area contributed by atoms with E-state index in [1.165, 1.54) is 22.9 Å². The highest BCUT2D eigenvalue weighted by atomic mass is 32.2. The first-order valence-electron chi connectivity index (χ1n) is 5.45. The summed E-state index contributed by atoms with van der Waals surface area (Å²) in [7, 11) is 0. The SMILES string of the molecule is CCSCCn1nc(CC)cc1CC. The van der Waals surface area contributed by atoms with Gasteiger partial charge in [0, 0.05) is 11.4 Å². The summed E-state index contributed by atoms with van der Waals surface area (Å²) in [5.74, 6) is 2.37. The molecule has 0 unspecified atom stereocenters. The molecule has 0 aliphatic rings. The second-order valence-corrected chi connectivity index (χ2v) is 4.65. The van der Waals surface area contributed by atoms with E-state index >= 15 is 0 Å². The van der Waals surface area contributed by atoms with Crippen LogP contribution in [0.1, 0.15) is 32.2 Å². The minimum absolute atomic E-state index is 1.04. The normalized spacial score (nSPS) is 10.8. The lowest BCUT2D eigenvalue weighted by Crippen LogP contribution is -2.06. The first kappa shape index (κ1) is 11.6. The van der Waals surface area contributed by atoms with Crippen molar-refractivity contribution in [3.05, 3.63) is 17.5 Å². The number of aryl methyl sites for hydroxylation is 3. The highest BCUT2D eigenvalue weighted by molar-refractivity contribution is 7.99. The Morgan fingerprint density at radius 3 is 2.64 bits per heavy atom. The van der Waals surface area contributed by atoms with E-state index in [9.17, 15) is 0 Å². The van der Waals surface area contributed by atoms with E-state index in [1.807, 2.05) is 11.8 Å². The van der Waals surface area contributed by atoms with Crippen LogP contribution >= 0.6 is 11.8 Å². The van der Waals surface area contributed by atoms with Gasteiger partial charge in [-0.1, -0.05) is 20.8 Å². The molecule has 0 saturated carbocycles. The van der Waals surface area contributed by atoms with Crippen molar-refractivity contribution in [3.8, 4) is 0 Å². The molecule has 0 spiro atoms. The summed E-state index contributed by atoms with van der Waals surface area (Å²) >= 11 is 1.98. The summed E-state index contributed by atoms with van der Waals surface area (Å²) in [6.45, 7) is 7.61. The quantitative estimate of drug-likeness (QED) is 0.675. The highest BCUT2D eigenvalue weighted by Gasteiger charge is 2.03. The van der Waals surface area contributed by atoms with Crippen LogP contribution in [0.4, 0.5) is 0 Å². The summed E-state index contributed by atoms with van der Waals surface area (Å²) in [5, 5.41) is 4.57. The van der Waals surface area contributed by atoms with Gasteiger partial charge in [0.25, 0.3) is 0 Å². The number of aromatic nitrogens is 2. The van der Waals surface area contributed by atoms with Gasteiger partial charge < -0.3 is 0 Å². The Hall–Kier alpha value is -0.440. The zero-order valence-electron chi connectivity index (χ0n) is 9.42. The van der Waals surface area contributed by atoms with E-state index in [2.05, 4.69) is 36.6 Å². The van der Waals surface area contributed by atoms with E-state index in [0.717, 1.165) is 19.4 Å². The average molecular weight is 212 g/mol. The molecule has 14 heavy (non-hydrogen) atoms. The van der Waals surface area contributed by atoms with Gasteiger partial charge in [-0.05, 0) is 24.7 Å². The predicted molar refractivity (Wildman–Crippen MR) is 64.0 cm³/mol. The van der Waals surface area contributed by atoms with E-state index in [4.69, 9.17) is 0 Å². The van der Waals surface area contributed by atoms with Crippen LogP contribution in [0.2, 0.25) is 0 Å². The monoisotopic (exact) mass is 212 g/mol. The second-order valence-electron chi connectivity index (χ2n) is 3.25. The molecule has 0 aliphatic carbocycles. The minimum atomic E-state index is 1.04. The number of rotatable bonds is 6. The molecule has 1 aromatic rings. The minimum Gasteiger partial charge on any atom is -0.269 e. The van der Waals surface area contributed by atoms with Gasteiger partial charge in [-0.25, -0.2) is 0 Å². The largest absolute Gasteiger partial charge is 0.269 e. The van der Waals surface area contributed by atoms with Crippen molar-refractivity contribution in [1.29, 1.82) is 0 Å². The molecule has 80 valence electrons. The molecular formula is C11H20N2S. The second kappa shape index (κ2) is 6.12. The molecule has 0 radical (unpaired) electrons. The zero-order chi connectivity index (χ0) is 10.4. The van der Waals surface area contributed by atoms with Gasteiger partial charge in [0.05, 0.1) is 12.2 Å². The molecule has 0 amide bonds. The first-order valence-corrected chi connectivity index (χ1v) is 6.60. The molecule has 0 fully saturated rings. The van der Waals surface area contributed by atoms with Crippen molar-refractivity contribution >= 4 is 11.8 Å². The fraction of sp³-hybridized carbons (Fsp3) is 0.727. The fourth-order valence-electron chi connectivity index (χ4n) is 1.46. The molecular weight excluding hydrogens is 192 g/mol. The van der Waals surface area contributed by atoms with Crippen LogP contribution in [0.15, 0.2) is 6.07 Å². The Balaban J connectivity index is 2.59. The number of hydrogen-bond donors (Lipinski definition) is 0. The molecule has 0 bridgehead atoms. The molecule has 1 aromatic heterocycles. The number of hydrogen-bond acceptors (Lipinski definition) is 2. The van der Waals surface area contributed by atoms with Crippen molar-refractivity contribution in [2.24, 2.45) is 0 Å². The van der Waals surface area contributed by atoms with E-state index in [1.54, 1.807) is 0 Å². The third-order valence-corrected chi connectivity index (χ3v) is 3.17. The molecule has 0 atom stereocenters. The number of nitrogens with zero attached hydrogens (tertiary/aromatic N) is 2. The summed E-state index contributed by atoms with van der Waals surface area (Å²) in [6.07, 6.45) is 2.13. The standard InChI is InChI=1S/C11H20N2S/c1-4-10-9-11(5-2)13(12-10)7-8-14-6-3/h9H,4-8H2,1-3H3. The predicted octanol–water partition coefficient (Wildman–Crippen LogP) is 2.76. The maximum Gasteiger partial charge on any atom is 0.0624 e. The molecule has 3 heteroatoms. The first-order chi connectivity index (χ1) is 6.81. The Morgan fingerprint density at radius 2 is 2.07 bits per heavy atom. The molecule has 1 heterocycles. The topological polar surface area (TPSA) is 17.8 Å². The smallest absolute Gasteiger partial charge is 0.0624 e. The fourth-order valence-corrected chi connectivity index (χ4v) is 2.05. The summed E-state index contributed by atoms with van der Waals surface area (Å²) < 4.78 is 2.17. The maximum absolute atomic E-state index is 4.57. The van der Waals surface area contributed by atoms with Crippen LogP contribution in [-0.2, 0) is 19.4 Å². The zero-order valence-corrected chi connectivity index (χ0v) is 10.2. The van der Waals surface area contributed by atoms with Gasteiger partial charge in [0.1, 0.15) is 0 Å². The van der Waals surface area contributed by atoms with E-state index in [-0.39, 0.29) is 0 Å².